The number of hydrogen-bond acceptors (Lipinski definition) is 6. The molecule has 0 radical (unpaired) electrons. The lowest BCUT2D eigenvalue weighted by atomic mass is 10.1. The Labute approximate surface area is 94.3 Å². The zero-order chi connectivity index (χ0) is 11.6. The fourth-order valence-electron chi connectivity index (χ4n) is 1.76. The van der Waals surface area contributed by atoms with E-state index in [4.69, 9.17) is 4.52 Å². The standard InChI is InChI=1S/C9H15N3O3S/c1-10-4-2-8-11-9(15-12-8)7-3-5-16(13,14)6-7/h7,10H,2-6H2,1H3. The van der Waals surface area contributed by atoms with Gasteiger partial charge in [0.25, 0.3) is 0 Å². The number of sulfone groups is 1. The fourth-order valence-corrected chi connectivity index (χ4v) is 3.49. The third-order valence-corrected chi connectivity index (χ3v) is 4.43. The van der Waals surface area contributed by atoms with Crippen LogP contribution in [0.5, 0.6) is 0 Å². The van der Waals surface area contributed by atoms with Crippen LogP contribution in [0.1, 0.15) is 24.1 Å². The van der Waals surface area contributed by atoms with Crippen molar-refractivity contribution in [1.29, 1.82) is 0 Å². The smallest absolute Gasteiger partial charge is 0.230 e. The van der Waals surface area contributed by atoms with Gasteiger partial charge in [0.2, 0.25) is 5.89 Å². The molecule has 1 atom stereocenters. The summed E-state index contributed by atoms with van der Waals surface area (Å²) in [6, 6.07) is 0. The first-order valence-corrected chi connectivity index (χ1v) is 7.10. The topological polar surface area (TPSA) is 85.1 Å². The van der Waals surface area contributed by atoms with E-state index in [1.165, 1.54) is 0 Å². The second-order valence-electron chi connectivity index (χ2n) is 4.00. The molecule has 0 aliphatic carbocycles. The Bertz CT molecular complexity index is 454. The van der Waals surface area contributed by atoms with E-state index in [2.05, 4.69) is 15.5 Å². The molecule has 1 aliphatic heterocycles. The van der Waals surface area contributed by atoms with Crippen molar-refractivity contribution in [3.8, 4) is 0 Å². The number of nitrogens with one attached hydrogen (secondary N) is 1. The highest BCUT2D eigenvalue weighted by atomic mass is 32.2. The molecule has 7 heteroatoms. The van der Waals surface area contributed by atoms with Crippen molar-refractivity contribution in [2.75, 3.05) is 25.1 Å². The Hall–Kier alpha value is -0.950. The first-order chi connectivity index (χ1) is 7.61. The van der Waals surface area contributed by atoms with Gasteiger partial charge < -0.3 is 9.84 Å². The molecule has 1 unspecified atom stereocenters. The van der Waals surface area contributed by atoms with Crippen LogP contribution >= 0.6 is 0 Å². The Balaban J connectivity index is 2.02. The minimum absolute atomic E-state index is 0.110. The van der Waals surface area contributed by atoms with Gasteiger partial charge in [-0.2, -0.15) is 4.98 Å². The summed E-state index contributed by atoms with van der Waals surface area (Å²) in [4.78, 5) is 4.21. The lowest BCUT2D eigenvalue weighted by molar-refractivity contribution is 0.356. The molecule has 1 aromatic heterocycles. The van der Waals surface area contributed by atoms with Crippen molar-refractivity contribution >= 4 is 9.84 Å². The van der Waals surface area contributed by atoms with Gasteiger partial charge in [-0.25, -0.2) is 8.42 Å². The molecule has 1 aliphatic rings. The number of nitrogens with zero attached hydrogens (tertiary/aromatic N) is 2. The molecule has 1 fully saturated rings. The van der Waals surface area contributed by atoms with Crippen LogP contribution in [0.25, 0.3) is 0 Å². The zero-order valence-electron chi connectivity index (χ0n) is 9.14. The number of likely N-dealkylation sites (N-methyl/N-ethyl adjacent to an activating group) is 1. The van der Waals surface area contributed by atoms with E-state index < -0.39 is 9.84 Å². The van der Waals surface area contributed by atoms with Gasteiger partial charge in [0, 0.05) is 13.0 Å². The van der Waals surface area contributed by atoms with Crippen LogP contribution in [-0.2, 0) is 16.3 Å². The summed E-state index contributed by atoms with van der Waals surface area (Å²) in [5.41, 5.74) is 0. The fraction of sp³-hybridized carbons (Fsp3) is 0.778. The zero-order valence-corrected chi connectivity index (χ0v) is 9.96. The van der Waals surface area contributed by atoms with Crippen molar-refractivity contribution in [1.82, 2.24) is 15.5 Å². The molecule has 0 aromatic carbocycles. The molecule has 0 bridgehead atoms. The summed E-state index contributed by atoms with van der Waals surface area (Å²) >= 11 is 0. The average molecular weight is 245 g/mol. The maximum absolute atomic E-state index is 11.3. The summed E-state index contributed by atoms with van der Waals surface area (Å²) in [5, 5.41) is 6.82. The van der Waals surface area contributed by atoms with Crippen LogP contribution in [0.15, 0.2) is 4.52 Å². The van der Waals surface area contributed by atoms with E-state index in [1.807, 2.05) is 7.05 Å². The van der Waals surface area contributed by atoms with Crippen molar-refractivity contribution in [2.45, 2.75) is 18.8 Å². The van der Waals surface area contributed by atoms with E-state index in [-0.39, 0.29) is 17.4 Å². The van der Waals surface area contributed by atoms with Crippen LogP contribution in [0.3, 0.4) is 0 Å². The summed E-state index contributed by atoms with van der Waals surface area (Å²) < 4.78 is 27.7. The van der Waals surface area contributed by atoms with Crippen LogP contribution < -0.4 is 5.32 Å². The van der Waals surface area contributed by atoms with Gasteiger partial charge in [0.15, 0.2) is 15.7 Å². The van der Waals surface area contributed by atoms with Gasteiger partial charge in [-0.15, -0.1) is 0 Å². The molecule has 90 valence electrons. The van der Waals surface area contributed by atoms with E-state index in [9.17, 15) is 8.42 Å². The third-order valence-electron chi connectivity index (χ3n) is 2.66. The molecule has 0 amide bonds. The Morgan fingerprint density at radius 3 is 3.00 bits per heavy atom. The predicted molar refractivity (Wildman–Crippen MR) is 57.9 cm³/mol. The maximum atomic E-state index is 11.3. The van der Waals surface area contributed by atoms with Crippen molar-refractivity contribution in [3.05, 3.63) is 11.7 Å². The van der Waals surface area contributed by atoms with Crippen molar-refractivity contribution in [2.24, 2.45) is 0 Å². The van der Waals surface area contributed by atoms with Crippen LogP contribution in [0.2, 0.25) is 0 Å². The van der Waals surface area contributed by atoms with Crippen molar-refractivity contribution < 1.29 is 12.9 Å². The van der Waals surface area contributed by atoms with Gasteiger partial charge in [0.1, 0.15) is 0 Å². The lowest BCUT2D eigenvalue weighted by Crippen LogP contribution is -2.11. The second kappa shape index (κ2) is 4.50. The van der Waals surface area contributed by atoms with Crippen LogP contribution in [0.4, 0.5) is 0 Å². The summed E-state index contributed by atoms with van der Waals surface area (Å²) in [5.74, 6) is 1.36. The molecular formula is C9H15N3O3S. The van der Waals surface area contributed by atoms with Crippen molar-refractivity contribution in [3.63, 3.8) is 0 Å². The summed E-state index contributed by atoms with van der Waals surface area (Å²) in [6.45, 7) is 0.780. The molecular weight excluding hydrogens is 230 g/mol. The number of aromatic nitrogens is 2. The summed E-state index contributed by atoms with van der Waals surface area (Å²) in [7, 11) is -1.04. The predicted octanol–water partition coefficient (Wildman–Crippen LogP) is -0.266. The molecule has 2 rings (SSSR count). The first kappa shape index (κ1) is 11.5. The molecule has 16 heavy (non-hydrogen) atoms. The quantitative estimate of drug-likeness (QED) is 0.786. The average Bonchev–Trinajstić information content (AvgIpc) is 2.81. The molecule has 0 spiro atoms. The van der Waals surface area contributed by atoms with Crippen LogP contribution in [-0.4, -0.2) is 43.7 Å². The molecule has 2 heterocycles. The largest absolute Gasteiger partial charge is 0.339 e. The van der Waals surface area contributed by atoms with E-state index in [1.54, 1.807) is 0 Å². The highest BCUT2D eigenvalue weighted by Crippen LogP contribution is 2.27. The van der Waals surface area contributed by atoms with Gasteiger partial charge in [-0.1, -0.05) is 5.16 Å². The second-order valence-corrected chi connectivity index (χ2v) is 6.23. The minimum Gasteiger partial charge on any atom is -0.339 e. The maximum Gasteiger partial charge on any atom is 0.230 e. The monoisotopic (exact) mass is 245 g/mol. The van der Waals surface area contributed by atoms with Gasteiger partial charge in [0.05, 0.1) is 17.4 Å². The molecule has 1 aromatic rings. The van der Waals surface area contributed by atoms with Gasteiger partial charge in [-0.3, -0.25) is 0 Å². The molecule has 1 N–H and O–H groups in total. The third kappa shape index (κ3) is 2.59. The first-order valence-electron chi connectivity index (χ1n) is 5.28. The van der Waals surface area contributed by atoms with Gasteiger partial charge in [-0.05, 0) is 13.5 Å². The van der Waals surface area contributed by atoms with Crippen LogP contribution in [0, 0.1) is 0 Å². The molecule has 1 saturated heterocycles. The summed E-state index contributed by atoms with van der Waals surface area (Å²) in [6.07, 6.45) is 1.29. The highest BCUT2D eigenvalue weighted by Gasteiger charge is 2.32. The minimum atomic E-state index is -2.89. The lowest BCUT2D eigenvalue weighted by Gasteiger charge is -1.97. The molecule has 0 saturated carbocycles. The number of rotatable bonds is 4. The Morgan fingerprint density at radius 2 is 2.38 bits per heavy atom. The SMILES string of the molecule is CNCCc1noc(C2CCS(=O)(=O)C2)n1. The van der Waals surface area contributed by atoms with E-state index >= 15 is 0 Å². The Morgan fingerprint density at radius 1 is 1.56 bits per heavy atom. The highest BCUT2D eigenvalue weighted by molar-refractivity contribution is 7.91. The van der Waals surface area contributed by atoms with Gasteiger partial charge >= 0.3 is 0 Å². The number of hydrogen-bond donors (Lipinski definition) is 1. The van der Waals surface area contributed by atoms with E-state index in [0.29, 0.717) is 24.6 Å². The Kier molecular flexibility index (Phi) is 3.25. The molecule has 6 nitrogen and oxygen atoms in total. The van der Waals surface area contributed by atoms with E-state index in [0.717, 1.165) is 6.54 Å². The normalized spacial score (nSPS) is 23.7.